The molecule has 1 heterocycles. The second kappa shape index (κ2) is 7.11. The van der Waals surface area contributed by atoms with Crippen molar-refractivity contribution in [3.63, 3.8) is 0 Å². The topological polar surface area (TPSA) is 50.8 Å². The van der Waals surface area contributed by atoms with Crippen LogP contribution in [0.4, 0.5) is 0 Å². The van der Waals surface area contributed by atoms with E-state index in [9.17, 15) is 0 Å². The zero-order chi connectivity index (χ0) is 12.4. The van der Waals surface area contributed by atoms with Gasteiger partial charge in [-0.1, -0.05) is 32.1 Å². The van der Waals surface area contributed by atoms with E-state index in [1.807, 2.05) is 0 Å². The third kappa shape index (κ3) is 3.97. The number of hydrogen-bond acceptors (Lipinski definition) is 2. The second-order valence-electron chi connectivity index (χ2n) is 5.95. The molecule has 0 spiro atoms. The van der Waals surface area contributed by atoms with E-state index in [0.29, 0.717) is 6.04 Å². The molecule has 5 heteroatoms. The van der Waals surface area contributed by atoms with Crippen molar-refractivity contribution in [2.24, 2.45) is 22.6 Å². The van der Waals surface area contributed by atoms with E-state index in [4.69, 9.17) is 15.5 Å². The highest BCUT2D eigenvalue weighted by atomic mass is 127. The Morgan fingerprint density at radius 1 is 1.11 bits per heavy atom. The summed E-state index contributed by atoms with van der Waals surface area (Å²) in [6, 6.07) is 0.524. The van der Waals surface area contributed by atoms with Crippen molar-refractivity contribution in [2.45, 2.75) is 44.6 Å². The zero-order valence-corrected chi connectivity index (χ0v) is 13.9. The third-order valence-corrected chi connectivity index (χ3v) is 4.69. The lowest BCUT2D eigenvalue weighted by Gasteiger charge is -2.27. The molecular weight excluding hydrogens is 353 g/mol. The first-order valence-electron chi connectivity index (χ1n) is 7.50. The highest BCUT2D eigenvalue weighted by molar-refractivity contribution is 14.0. The fraction of sp³-hybridized carbons (Fsp3) is 0.929. The van der Waals surface area contributed by atoms with Gasteiger partial charge in [0.05, 0.1) is 19.3 Å². The average molecular weight is 379 g/mol. The van der Waals surface area contributed by atoms with Crippen LogP contribution in [-0.4, -0.2) is 43.2 Å². The molecule has 2 atom stereocenters. The van der Waals surface area contributed by atoms with Crippen LogP contribution in [0.25, 0.3) is 0 Å². The maximum absolute atomic E-state index is 6.10. The molecule has 3 rings (SSSR count). The van der Waals surface area contributed by atoms with E-state index in [0.717, 1.165) is 44.1 Å². The number of nitrogens with zero attached hydrogens (tertiary/aromatic N) is 2. The molecule has 19 heavy (non-hydrogen) atoms. The lowest BCUT2D eigenvalue weighted by molar-refractivity contribution is 0.0674. The average Bonchev–Trinajstić information content (AvgIpc) is 3.20. The van der Waals surface area contributed by atoms with Crippen LogP contribution in [0.5, 0.6) is 0 Å². The first-order valence-corrected chi connectivity index (χ1v) is 7.50. The van der Waals surface area contributed by atoms with Gasteiger partial charge in [0.2, 0.25) is 0 Å². The summed E-state index contributed by atoms with van der Waals surface area (Å²) in [5.41, 5.74) is 6.10. The van der Waals surface area contributed by atoms with Gasteiger partial charge in [-0.25, -0.2) is 4.99 Å². The Hall–Kier alpha value is -0.0400. The van der Waals surface area contributed by atoms with Crippen LogP contribution in [0.15, 0.2) is 4.99 Å². The minimum atomic E-state index is 0. The molecule has 110 valence electrons. The Morgan fingerprint density at radius 3 is 2.47 bits per heavy atom. The number of halogens is 1. The van der Waals surface area contributed by atoms with Crippen molar-refractivity contribution in [2.75, 3.05) is 26.3 Å². The fourth-order valence-corrected chi connectivity index (χ4v) is 3.46. The zero-order valence-electron chi connectivity index (χ0n) is 11.6. The van der Waals surface area contributed by atoms with Crippen LogP contribution in [-0.2, 0) is 4.74 Å². The molecule has 4 nitrogen and oxygen atoms in total. The van der Waals surface area contributed by atoms with Gasteiger partial charge in [-0.2, -0.15) is 0 Å². The molecule has 0 aromatic rings. The van der Waals surface area contributed by atoms with Crippen LogP contribution in [0.3, 0.4) is 0 Å². The summed E-state index contributed by atoms with van der Waals surface area (Å²) < 4.78 is 5.33. The van der Waals surface area contributed by atoms with Crippen molar-refractivity contribution in [3.05, 3.63) is 0 Å². The number of rotatable bonds is 2. The molecule has 0 amide bonds. The van der Waals surface area contributed by atoms with Gasteiger partial charge in [-0.05, 0) is 18.3 Å². The SMILES string of the molecule is I.NC(=NC1CC1C1CCCCC1)N1CCOCC1. The fourth-order valence-electron chi connectivity index (χ4n) is 3.46. The van der Waals surface area contributed by atoms with E-state index in [1.165, 1.54) is 38.5 Å². The molecule has 2 unspecified atom stereocenters. The monoisotopic (exact) mass is 379 g/mol. The van der Waals surface area contributed by atoms with E-state index in [1.54, 1.807) is 0 Å². The van der Waals surface area contributed by atoms with Crippen LogP contribution in [0, 0.1) is 11.8 Å². The first kappa shape index (κ1) is 15.4. The van der Waals surface area contributed by atoms with E-state index in [-0.39, 0.29) is 24.0 Å². The van der Waals surface area contributed by atoms with Gasteiger partial charge in [0.1, 0.15) is 0 Å². The number of ether oxygens (including phenoxy) is 1. The molecule has 0 radical (unpaired) electrons. The van der Waals surface area contributed by atoms with Crippen LogP contribution in [0.2, 0.25) is 0 Å². The first-order chi connectivity index (χ1) is 8.84. The summed E-state index contributed by atoms with van der Waals surface area (Å²) >= 11 is 0. The van der Waals surface area contributed by atoms with Gasteiger partial charge in [0.15, 0.2) is 5.96 Å². The van der Waals surface area contributed by atoms with Gasteiger partial charge < -0.3 is 15.4 Å². The van der Waals surface area contributed by atoms with Crippen molar-refractivity contribution in [1.82, 2.24) is 4.90 Å². The van der Waals surface area contributed by atoms with Crippen LogP contribution >= 0.6 is 24.0 Å². The molecule has 3 aliphatic rings. The number of guanidine groups is 1. The van der Waals surface area contributed by atoms with E-state index >= 15 is 0 Å². The van der Waals surface area contributed by atoms with Crippen LogP contribution < -0.4 is 5.73 Å². The van der Waals surface area contributed by atoms with E-state index in [2.05, 4.69) is 4.90 Å². The van der Waals surface area contributed by atoms with Gasteiger partial charge in [-0.3, -0.25) is 0 Å². The molecule has 0 aromatic heterocycles. The Bertz CT molecular complexity index is 312. The highest BCUT2D eigenvalue weighted by Crippen LogP contribution is 2.46. The minimum Gasteiger partial charge on any atom is -0.378 e. The predicted molar refractivity (Wildman–Crippen MR) is 87.9 cm³/mol. The van der Waals surface area contributed by atoms with Crippen LogP contribution in [0.1, 0.15) is 38.5 Å². The normalized spacial score (nSPS) is 32.8. The predicted octanol–water partition coefficient (Wildman–Crippen LogP) is 2.22. The Labute approximate surface area is 133 Å². The van der Waals surface area contributed by atoms with E-state index < -0.39 is 0 Å². The molecule has 0 aromatic carbocycles. The largest absolute Gasteiger partial charge is 0.378 e. The number of nitrogens with two attached hydrogens (primary N) is 1. The van der Waals surface area contributed by atoms with Gasteiger partial charge in [0.25, 0.3) is 0 Å². The Morgan fingerprint density at radius 2 is 1.79 bits per heavy atom. The third-order valence-electron chi connectivity index (χ3n) is 4.69. The summed E-state index contributed by atoms with van der Waals surface area (Å²) in [5, 5.41) is 0. The number of aliphatic imine (C=N–C) groups is 1. The van der Waals surface area contributed by atoms with Gasteiger partial charge in [-0.15, -0.1) is 24.0 Å². The lowest BCUT2D eigenvalue weighted by Crippen LogP contribution is -2.45. The molecular formula is C14H26IN3O. The smallest absolute Gasteiger partial charge is 0.191 e. The van der Waals surface area contributed by atoms with Gasteiger partial charge >= 0.3 is 0 Å². The number of morpholine rings is 1. The quantitative estimate of drug-likeness (QED) is 0.455. The maximum atomic E-state index is 6.10. The summed E-state index contributed by atoms with van der Waals surface area (Å²) in [5.74, 6) is 2.52. The summed E-state index contributed by atoms with van der Waals surface area (Å²) in [7, 11) is 0. The standard InChI is InChI=1S/C14H25N3O.HI/c15-14(17-6-8-18-9-7-17)16-13-10-12(13)11-4-2-1-3-5-11;/h11-13H,1-10H2,(H2,15,16);1H. The second-order valence-corrected chi connectivity index (χ2v) is 5.95. The molecule has 1 saturated heterocycles. The molecule has 1 aliphatic heterocycles. The molecule has 2 saturated carbocycles. The summed E-state index contributed by atoms with van der Waals surface area (Å²) in [6.45, 7) is 3.37. The van der Waals surface area contributed by atoms with Crippen molar-refractivity contribution < 1.29 is 4.74 Å². The van der Waals surface area contributed by atoms with Crippen molar-refractivity contribution >= 4 is 29.9 Å². The highest BCUT2D eigenvalue weighted by Gasteiger charge is 2.43. The Balaban J connectivity index is 0.00000133. The number of hydrogen-bond donors (Lipinski definition) is 1. The molecule has 2 N–H and O–H groups in total. The van der Waals surface area contributed by atoms with Gasteiger partial charge in [0, 0.05) is 13.1 Å². The minimum absolute atomic E-state index is 0. The maximum Gasteiger partial charge on any atom is 0.191 e. The Kier molecular flexibility index (Phi) is 5.74. The summed E-state index contributed by atoms with van der Waals surface area (Å²) in [6.07, 6.45) is 8.41. The lowest BCUT2D eigenvalue weighted by atomic mass is 9.85. The van der Waals surface area contributed by atoms with Crippen molar-refractivity contribution in [3.8, 4) is 0 Å². The molecule has 0 bridgehead atoms. The summed E-state index contributed by atoms with van der Waals surface area (Å²) in [4.78, 5) is 6.90. The molecule has 3 fully saturated rings. The van der Waals surface area contributed by atoms with Crippen molar-refractivity contribution in [1.29, 1.82) is 0 Å². The molecule has 2 aliphatic carbocycles.